The molecule has 0 radical (unpaired) electrons. The van der Waals surface area contributed by atoms with Gasteiger partial charge in [-0.15, -0.1) is 0 Å². The molecule has 196 valence electrons. The Kier molecular flexibility index (Phi) is 12.8. The Morgan fingerprint density at radius 3 is 1.97 bits per heavy atom. The van der Waals surface area contributed by atoms with Crippen molar-refractivity contribution >= 4 is 24.1 Å². The molecule has 0 saturated heterocycles. The molecule has 0 amide bonds. The summed E-state index contributed by atoms with van der Waals surface area (Å²) in [5, 5.41) is 0. The van der Waals surface area contributed by atoms with E-state index in [4.69, 9.17) is 24.7 Å². The van der Waals surface area contributed by atoms with Gasteiger partial charge in [-0.2, -0.15) is 0 Å². The van der Waals surface area contributed by atoms with Gasteiger partial charge in [0, 0.05) is 12.8 Å². The average Bonchev–Trinajstić information content (AvgIpc) is 2.72. The monoisotopic (exact) mass is 495 g/mol. The summed E-state index contributed by atoms with van der Waals surface area (Å²) in [6, 6.07) is 3.60. The van der Waals surface area contributed by atoms with Gasteiger partial charge < -0.3 is 29.4 Å². The number of rotatable bonds is 13. The van der Waals surface area contributed by atoms with Gasteiger partial charge in [0.05, 0.1) is 6.61 Å². The molecule has 35 heavy (non-hydrogen) atoms. The van der Waals surface area contributed by atoms with Gasteiger partial charge in [-0.05, 0) is 49.8 Å². The minimum atomic E-state index is -1.03. The van der Waals surface area contributed by atoms with Crippen LogP contribution in [0.5, 0.6) is 11.5 Å². The Morgan fingerprint density at radius 1 is 0.857 bits per heavy atom. The fourth-order valence-electron chi connectivity index (χ4n) is 2.83. The minimum Gasteiger partial charge on any atom is -0.461 e. The van der Waals surface area contributed by atoms with E-state index in [0.29, 0.717) is 5.56 Å². The van der Waals surface area contributed by atoms with E-state index in [-0.39, 0.29) is 55.8 Å². The van der Waals surface area contributed by atoms with E-state index in [1.807, 2.05) is 27.7 Å². The highest BCUT2D eigenvalue weighted by atomic mass is 16.7. The van der Waals surface area contributed by atoms with E-state index in [2.05, 4.69) is 4.74 Å². The lowest BCUT2D eigenvalue weighted by Crippen LogP contribution is -2.36. The maximum absolute atomic E-state index is 12.3. The van der Waals surface area contributed by atoms with Crippen molar-refractivity contribution in [3.63, 3.8) is 0 Å². The van der Waals surface area contributed by atoms with Gasteiger partial charge in [-0.3, -0.25) is 14.4 Å². The topological polar surface area (TPSA) is 140 Å². The van der Waals surface area contributed by atoms with Crippen molar-refractivity contribution in [2.45, 2.75) is 73.0 Å². The molecule has 2 atom stereocenters. The zero-order valence-corrected chi connectivity index (χ0v) is 21.3. The fraction of sp³-hybridized carbons (Fsp3) is 0.600. The summed E-state index contributed by atoms with van der Waals surface area (Å²) >= 11 is 0. The molecule has 1 aromatic rings. The predicted molar refractivity (Wildman–Crippen MR) is 127 cm³/mol. The third-order valence-corrected chi connectivity index (χ3v) is 4.38. The Hall–Kier alpha value is -3.14. The molecule has 0 saturated carbocycles. The van der Waals surface area contributed by atoms with Gasteiger partial charge in [0.15, 0.2) is 11.5 Å². The summed E-state index contributed by atoms with van der Waals surface area (Å²) in [6.45, 7) is 10.7. The fourth-order valence-corrected chi connectivity index (χ4v) is 2.83. The Balaban J connectivity index is 2.86. The molecule has 0 aliphatic heterocycles. The molecular weight excluding hydrogens is 458 g/mol. The van der Waals surface area contributed by atoms with Crippen LogP contribution in [0.1, 0.15) is 59.9 Å². The molecule has 0 aliphatic carbocycles. The largest absolute Gasteiger partial charge is 0.508 e. The normalized spacial score (nSPS) is 12.6. The van der Waals surface area contributed by atoms with Crippen molar-refractivity contribution in [2.24, 2.45) is 17.6 Å². The zero-order valence-electron chi connectivity index (χ0n) is 21.3. The van der Waals surface area contributed by atoms with Gasteiger partial charge in [0.1, 0.15) is 18.8 Å². The Bertz CT molecular complexity index is 866. The molecule has 0 aromatic heterocycles. The second-order valence-electron chi connectivity index (χ2n) is 8.98. The van der Waals surface area contributed by atoms with E-state index in [1.165, 1.54) is 12.1 Å². The number of esters is 3. The zero-order chi connectivity index (χ0) is 26.5. The Labute approximate surface area is 206 Å². The number of benzene rings is 1. The number of nitrogens with two attached hydrogens (primary N) is 1. The molecule has 0 unspecified atom stereocenters. The lowest BCUT2D eigenvalue weighted by molar-refractivity contribution is -0.148. The third-order valence-electron chi connectivity index (χ3n) is 4.38. The first-order valence-electron chi connectivity index (χ1n) is 11.7. The van der Waals surface area contributed by atoms with Crippen LogP contribution in [0, 0.1) is 11.8 Å². The van der Waals surface area contributed by atoms with Gasteiger partial charge >= 0.3 is 24.1 Å². The highest BCUT2D eigenvalue weighted by Crippen LogP contribution is 2.30. The SMILES string of the molecule is CCOC(=O)O[C@@H](C)COC(=O)[C@@H](N)Cc1ccc(OC(=O)CC(C)C)c(OC(=O)CC(C)C)c1. The summed E-state index contributed by atoms with van der Waals surface area (Å²) in [7, 11) is 0. The van der Waals surface area contributed by atoms with Crippen molar-refractivity contribution in [3.05, 3.63) is 23.8 Å². The molecule has 10 nitrogen and oxygen atoms in total. The second kappa shape index (κ2) is 15.0. The van der Waals surface area contributed by atoms with E-state index in [9.17, 15) is 19.2 Å². The number of ether oxygens (including phenoxy) is 5. The molecule has 1 rings (SSSR count). The van der Waals surface area contributed by atoms with Crippen LogP contribution in [0.4, 0.5) is 4.79 Å². The van der Waals surface area contributed by atoms with Crippen LogP contribution in [0.25, 0.3) is 0 Å². The standard InChI is InChI=1S/C25H37NO9/c1-7-31-25(30)33-17(6)14-32-24(29)19(26)12-18-8-9-20(34-22(27)10-15(2)3)21(13-18)35-23(28)11-16(4)5/h8-9,13,15-17,19H,7,10-12,14,26H2,1-6H3/t17-,19-/m0/s1. The molecule has 2 N–H and O–H groups in total. The molecule has 1 aromatic carbocycles. The van der Waals surface area contributed by atoms with Crippen LogP contribution in [0.3, 0.4) is 0 Å². The predicted octanol–water partition coefficient (Wildman–Crippen LogP) is 3.56. The first-order chi connectivity index (χ1) is 16.4. The minimum absolute atomic E-state index is 0.0703. The number of hydrogen-bond donors (Lipinski definition) is 1. The first-order valence-corrected chi connectivity index (χ1v) is 11.7. The number of hydrogen-bond acceptors (Lipinski definition) is 10. The van der Waals surface area contributed by atoms with E-state index >= 15 is 0 Å². The lowest BCUT2D eigenvalue weighted by Gasteiger charge is -2.17. The summed E-state index contributed by atoms with van der Waals surface area (Å²) in [5.41, 5.74) is 6.55. The highest BCUT2D eigenvalue weighted by molar-refractivity contribution is 5.77. The maximum Gasteiger partial charge on any atom is 0.508 e. The highest BCUT2D eigenvalue weighted by Gasteiger charge is 2.21. The summed E-state index contributed by atoms with van der Waals surface area (Å²) in [5.74, 6) is -1.26. The lowest BCUT2D eigenvalue weighted by atomic mass is 10.1. The van der Waals surface area contributed by atoms with Crippen LogP contribution in [-0.4, -0.2) is 49.4 Å². The molecule has 0 fully saturated rings. The Morgan fingerprint density at radius 2 is 1.43 bits per heavy atom. The second-order valence-corrected chi connectivity index (χ2v) is 8.98. The van der Waals surface area contributed by atoms with Crippen molar-refractivity contribution in [1.82, 2.24) is 0 Å². The smallest absolute Gasteiger partial charge is 0.461 e. The molecule has 0 aliphatic rings. The number of carbonyl (C=O) groups excluding carboxylic acids is 4. The van der Waals surface area contributed by atoms with Crippen LogP contribution >= 0.6 is 0 Å². The van der Waals surface area contributed by atoms with Crippen molar-refractivity contribution in [2.75, 3.05) is 13.2 Å². The molecular formula is C25H37NO9. The van der Waals surface area contributed by atoms with Gasteiger partial charge in [-0.1, -0.05) is 33.8 Å². The van der Waals surface area contributed by atoms with E-state index in [1.54, 1.807) is 19.9 Å². The van der Waals surface area contributed by atoms with Crippen molar-refractivity contribution in [3.8, 4) is 11.5 Å². The maximum atomic E-state index is 12.3. The van der Waals surface area contributed by atoms with Crippen molar-refractivity contribution < 1.29 is 42.9 Å². The average molecular weight is 496 g/mol. The quantitative estimate of drug-likeness (QED) is 0.319. The van der Waals surface area contributed by atoms with Crippen LogP contribution < -0.4 is 15.2 Å². The molecule has 0 bridgehead atoms. The molecule has 0 heterocycles. The van der Waals surface area contributed by atoms with E-state index in [0.717, 1.165) is 0 Å². The summed E-state index contributed by atoms with van der Waals surface area (Å²) < 4.78 is 25.5. The summed E-state index contributed by atoms with van der Waals surface area (Å²) in [6.07, 6.45) is -1.11. The summed E-state index contributed by atoms with van der Waals surface area (Å²) in [4.78, 5) is 48.0. The van der Waals surface area contributed by atoms with Crippen LogP contribution in [-0.2, 0) is 35.0 Å². The van der Waals surface area contributed by atoms with Crippen molar-refractivity contribution in [1.29, 1.82) is 0 Å². The molecule has 10 heteroatoms. The molecule has 0 spiro atoms. The van der Waals surface area contributed by atoms with Gasteiger partial charge in [0.2, 0.25) is 0 Å². The van der Waals surface area contributed by atoms with Crippen LogP contribution in [0.15, 0.2) is 18.2 Å². The first kappa shape index (κ1) is 29.9. The van der Waals surface area contributed by atoms with Crippen LogP contribution in [0.2, 0.25) is 0 Å². The van der Waals surface area contributed by atoms with Gasteiger partial charge in [-0.25, -0.2) is 4.79 Å². The van der Waals surface area contributed by atoms with Gasteiger partial charge in [0.25, 0.3) is 0 Å². The number of carbonyl (C=O) groups is 4. The van der Waals surface area contributed by atoms with E-state index < -0.39 is 36.2 Å². The third kappa shape index (κ3) is 12.2.